The number of likely N-dealkylation sites (N-methyl/N-ethyl adjacent to an activating group) is 1. The molecule has 0 spiro atoms. The molecule has 4 heterocycles. The van der Waals surface area contributed by atoms with Crippen LogP contribution in [0.2, 0.25) is 5.02 Å². The third-order valence-electron chi connectivity index (χ3n) is 6.68. The van der Waals surface area contributed by atoms with Gasteiger partial charge in [0, 0.05) is 53.4 Å². The molecule has 0 radical (unpaired) electrons. The van der Waals surface area contributed by atoms with Gasteiger partial charge in [-0.3, -0.25) is 14.4 Å². The summed E-state index contributed by atoms with van der Waals surface area (Å²) >= 11 is 7.44. The quantitative estimate of drug-likeness (QED) is 0.394. The number of thiazole rings is 1. The number of nitrogens with one attached hydrogen (secondary N) is 3. The second kappa shape index (κ2) is 10.2. The lowest BCUT2D eigenvalue weighted by Crippen LogP contribution is -2.61. The van der Waals surface area contributed by atoms with Crippen molar-refractivity contribution in [3.05, 3.63) is 50.6 Å². The summed E-state index contributed by atoms with van der Waals surface area (Å²) in [7, 11) is 2.03. The summed E-state index contributed by atoms with van der Waals surface area (Å²) in [6.07, 6.45) is 1.22. The van der Waals surface area contributed by atoms with Gasteiger partial charge in [0.15, 0.2) is 5.01 Å². The molecule has 0 unspecified atom stereocenters. The van der Waals surface area contributed by atoms with Gasteiger partial charge in [0.2, 0.25) is 5.91 Å². The van der Waals surface area contributed by atoms with Crippen LogP contribution < -0.4 is 10.6 Å². The van der Waals surface area contributed by atoms with Crippen LogP contribution >= 0.6 is 22.9 Å². The Morgan fingerprint density at radius 3 is 2.81 bits per heavy atom. The van der Waals surface area contributed by atoms with Gasteiger partial charge in [-0.2, -0.15) is 0 Å². The van der Waals surface area contributed by atoms with Crippen molar-refractivity contribution in [2.24, 2.45) is 0 Å². The lowest BCUT2D eigenvalue weighted by atomic mass is 9.98. The molecule has 2 aliphatic heterocycles. The molecule has 190 valence electrons. The van der Waals surface area contributed by atoms with Crippen LogP contribution in [0, 0.1) is 0 Å². The Labute approximate surface area is 216 Å². The van der Waals surface area contributed by atoms with Gasteiger partial charge in [-0.25, -0.2) is 4.98 Å². The second-order valence-electron chi connectivity index (χ2n) is 9.24. The van der Waals surface area contributed by atoms with Gasteiger partial charge in [-0.1, -0.05) is 11.6 Å². The number of piperidine rings is 1. The van der Waals surface area contributed by atoms with E-state index in [1.165, 1.54) is 16.2 Å². The number of amides is 3. The molecule has 2 aromatic heterocycles. The highest BCUT2D eigenvalue weighted by Gasteiger charge is 2.34. The number of aliphatic hydroxyl groups is 1. The summed E-state index contributed by atoms with van der Waals surface area (Å²) in [6.45, 7) is 1.58. The molecular weight excluding hydrogens is 504 g/mol. The highest BCUT2D eigenvalue weighted by Crippen LogP contribution is 2.25. The fourth-order valence-electron chi connectivity index (χ4n) is 4.72. The highest BCUT2D eigenvalue weighted by atomic mass is 35.5. The number of aliphatic hydroxyl groups excluding tert-OH is 1. The van der Waals surface area contributed by atoms with Crippen LogP contribution in [0.4, 0.5) is 0 Å². The van der Waals surface area contributed by atoms with Crippen LogP contribution in [0.15, 0.2) is 24.3 Å². The van der Waals surface area contributed by atoms with Crippen LogP contribution in [-0.2, 0) is 17.8 Å². The van der Waals surface area contributed by atoms with E-state index in [4.69, 9.17) is 11.6 Å². The van der Waals surface area contributed by atoms with Gasteiger partial charge in [0.1, 0.15) is 12.3 Å². The van der Waals surface area contributed by atoms with Crippen molar-refractivity contribution in [1.82, 2.24) is 30.4 Å². The number of hydrogen-bond donors (Lipinski definition) is 4. The summed E-state index contributed by atoms with van der Waals surface area (Å²) < 4.78 is 0. The number of nitrogens with zero attached hydrogens (tertiary/aromatic N) is 3. The van der Waals surface area contributed by atoms with Crippen LogP contribution in [0.1, 0.15) is 37.3 Å². The van der Waals surface area contributed by atoms with Crippen LogP contribution in [-0.4, -0.2) is 88.0 Å². The molecule has 1 saturated heterocycles. The lowest BCUT2D eigenvalue weighted by Gasteiger charge is -2.38. The molecule has 12 heteroatoms. The van der Waals surface area contributed by atoms with Crippen molar-refractivity contribution >= 4 is 51.6 Å². The minimum atomic E-state index is -0.609. The van der Waals surface area contributed by atoms with E-state index in [0.717, 1.165) is 41.0 Å². The smallest absolute Gasteiger partial charge is 0.280 e. The van der Waals surface area contributed by atoms with Crippen molar-refractivity contribution < 1.29 is 19.5 Å². The molecule has 4 N–H and O–H groups in total. The first-order valence-electron chi connectivity index (χ1n) is 11.8. The molecule has 3 aromatic rings. The van der Waals surface area contributed by atoms with Crippen LogP contribution in [0.3, 0.4) is 0 Å². The Morgan fingerprint density at radius 2 is 2.00 bits per heavy atom. The molecule has 0 bridgehead atoms. The maximum atomic E-state index is 13.1. The number of rotatable bonds is 5. The zero-order valence-electron chi connectivity index (χ0n) is 19.7. The van der Waals surface area contributed by atoms with Crippen LogP contribution in [0.25, 0.3) is 10.9 Å². The maximum Gasteiger partial charge on any atom is 0.280 e. The minimum Gasteiger partial charge on any atom is -0.387 e. The van der Waals surface area contributed by atoms with Gasteiger partial charge >= 0.3 is 0 Å². The van der Waals surface area contributed by atoms with Gasteiger partial charge in [0.05, 0.1) is 17.8 Å². The molecule has 5 rings (SSSR count). The fraction of sp³-hybridized carbons (Fsp3) is 0.417. The first-order valence-corrected chi connectivity index (χ1v) is 13.0. The number of H-pyrrole nitrogens is 1. The number of aromatic amines is 1. The lowest BCUT2D eigenvalue weighted by molar-refractivity contribution is -0.135. The summed E-state index contributed by atoms with van der Waals surface area (Å²) in [4.78, 5) is 50.8. The molecule has 1 aromatic carbocycles. The maximum absolute atomic E-state index is 13.1. The van der Waals surface area contributed by atoms with E-state index in [1.54, 1.807) is 18.2 Å². The normalized spacial score (nSPS) is 20.2. The van der Waals surface area contributed by atoms with Crippen LogP contribution in [0.5, 0.6) is 0 Å². The van der Waals surface area contributed by atoms with Gasteiger partial charge in [-0.15, -0.1) is 11.3 Å². The molecule has 36 heavy (non-hydrogen) atoms. The first kappa shape index (κ1) is 24.7. The highest BCUT2D eigenvalue weighted by molar-refractivity contribution is 7.13. The zero-order valence-corrected chi connectivity index (χ0v) is 21.3. The Balaban J connectivity index is 1.33. The number of carbonyl (C=O) groups excluding carboxylic acids is 3. The van der Waals surface area contributed by atoms with E-state index < -0.39 is 24.6 Å². The van der Waals surface area contributed by atoms with E-state index >= 15 is 0 Å². The molecular formula is C24H27ClN6O4S. The molecule has 2 atom stereocenters. The number of aromatic nitrogens is 2. The summed E-state index contributed by atoms with van der Waals surface area (Å²) in [5, 5.41) is 17.1. The molecule has 10 nitrogen and oxygen atoms in total. The second-order valence-corrected chi connectivity index (χ2v) is 10.8. The van der Waals surface area contributed by atoms with E-state index in [2.05, 4.69) is 25.5 Å². The Morgan fingerprint density at radius 1 is 1.19 bits per heavy atom. The number of hydrogen-bond acceptors (Lipinski definition) is 7. The Hall–Kier alpha value is -2.99. The van der Waals surface area contributed by atoms with Gasteiger partial charge in [0.25, 0.3) is 11.8 Å². The average molecular weight is 531 g/mol. The minimum absolute atomic E-state index is 0.173. The van der Waals surface area contributed by atoms with E-state index in [0.29, 0.717) is 28.7 Å². The largest absolute Gasteiger partial charge is 0.387 e. The number of fused-ring (bicyclic) bond motifs is 2. The number of likely N-dealkylation sites (tertiary alicyclic amines) is 1. The Kier molecular flexibility index (Phi) is 6.98. The fourth-order valence-corrected chi connectivity index (χ4v) is 5.99. The van der Waals surface area contributed by atoms with E-state index in [9.17, 15) is 19.5 Å². The van der Waals surface area contributed by atoms with E-state index in [-0.39, 0.29) is 18.4 Å². The van der Waals surface area contributed by atoms with E-state index in [1.807, 2.05) is 13.1 Å². The van der Waals surface area contributed by atoms with Gasteiger partial charge in [-0.05, 0) is 37.7 Å². The Bertz CT molecular complexity index is 1320. The van der Waals surface area contributed by atoms with Crippen molar-refractivity contribution in [3.8, 4) is 0 Å². The first-order chi connectivity index (χ1) is 17.3. The molecule has 0 aliphatic carbocycles. The summed E-state index contributed by atoms with van der Waals surface area (Å²) in [6, 6.07) is 6.09. The van der Waals surface area contributed by atoms with Gasteiger partial charge < -0.3 is 30.5 Å². The molecule has 1 fully saturated rings. The third-order valence-corrected chi connectivity index (χ3v) is 7.99. The average Bonchev–Trinajstić information content (AvgIpc) is 3.48. The zero-order chi connectivity index (χ0) is 25.4. The number of halogens is 1. The van der Waals surface area contributed by atoms with Crippen molar-refractivity contribution in [2.45, 2.75) is 31.5 Å². The summed E-state index contributed by atoms with van der Waals surface area (Å²) in [5.74, 6) is -1.07. The third kappa shape index (κ3) is 5.10. The van der Waals surface area contributed by atoms with Crippen molar-refractivity contribution in [1.29, 1.82) is 0 Å². The molecule has 0 saturated carbocycles. The van der Waals surface area contributed by atoms with Crippen molar-refractivity contribution in [2.75, 3.05) is 33.3 Å². The molecule has 2 aliphatic rings. The standard InChI is InChI=1S/C24H27ClN6O4S/c1-30-6-4-17-20(11-30)36-24(29-17)23(35)28-19-10-31(21(33)12-32)7-5-16(19)27-22(34)18-9-13-8-14(25)2-3-15(13)26-18/h2-3,8-9,16,19,26,32H,4-7,10-12H2,1H3,(H,27,34)(H,28,35)/t16-,19+/m0/s1. The van der Waals surface area contributed by atoms with Crippen molar-refractivity contribution in [3.63, 3.8) is 0 Å². The SMILES string of the molecule is CN1CCc2nc(C(=O)N[C@@H]3CN(C(=O)CO)CC[C@@H]3NC(=O)c3cc4cc(Cl)ccc4[nH]3)sc2C1. The molecule has 3 amide bonds. The monoisotopic (exact) mass is 530 g/mol. The predicted molar refractivity (Wildman–Crippen MR) is 136 cm³/mol. The topological polar surface area (TPSA) is 131 Å². The number of benzene rings is 1. The number of carbonyl (C=O) groups is 3. The predicted octanol–water partition coefficient (Wildman–Crippen LogP) is 1.39. The summed E-state index contributed by atoms with van der Waals surface area (Å²) in [5.41, 5.74) is 2.12.